The van der Waals surface area contributed by atoms with E-state index in [1.165, 1.54) is 12.1 Å². The van der Waals surface area contributed by atoms with Crippen molar-refractivity contribution in [2.24, 2.45) is 0 Å². The van der Waals surface area contributed by atoms with Crippen molar-refractivity contribution < 1.29 is 31.6 Å². The predicted octanol–water partition coefficient (Wildman–Crippen LogP) is 2.93. The molecule has 0 saturated heterocycles. The Bertz CT molecular complexity index is 878. The Morgan fingerprint density at radius 2 is 1.92 bits per heavy atom. The van der Waals surface area contributed by atoms with Gasteiger partial charge < -0.3 is 14.2 Å². The van der Waals surface area contributed by atoms with Crippen LogP contribution in [0.5, 0.6) is 11.5 Å². The second-order valence-corrected chi connectivity index (χ2v) is 7.10. The molecule has 7 nitrogen and oxygen atoms in total. The third-order valence-corrected chi connectivity index (χ3v) is 5.05. The fourth-order valence-corrected chi connectivity index (χ4v) is 3.65. The van der Waals surface area contributed by atoms with Gasteiger partial charge in [0.25, 0.3) is 10.1 Å². The Labute approximate surface area is 151 Å². The molecule has 2 aromatic carbocycles. The van der Waals surface area contributed by atoms with Gasteiger partial charge in [0, 0.05) is 12.0 Å². The summed E-state index contributed by atoms with van der Waals surface area (Å²) in [7, 11) is -3.88. The molecule has 0 saturated carbocycles. The number of hydrogen-bond donors (Lipinski definition) is 0. The van der Waals surface area contributed by atoms with E-state index in [1.807, 2.05) is 0 Å². The van der Waals surface area contributed by atoms with Crippen molar-refractivity contribution in [3.8, 4) is 11.5 Å². The van der Waals surface area contributed by atoms with Crippen molar-refractivity contribution in [1.82, 2.24) is 0 Å². The van der Waals surface area contributed by atoms with Crippen LogP contribution < -0.4 is 9.47 Å². The standard InChI is InChI=1S/C18H18O7S/c1-2-22-18(19)24-16-10-6-7-13-11-14(12-23-17(13)16)25-26(20,21)15-8-4-3-5-9-15/h3-10,14H,2,11-12H2,1H3. The molecule has 0 amide bonds. The lowest BCUT2D eigenvalue weighted by Gasteiger charge is -2.26. The number of carbonyl (C=O) groups is 1. The Hall–Kier alpha value is -2.58. The topological polar surface area (TPSA) is 88.1 Å². The highest BCUT2D eigenvalue weighted by Crippen LogP contribution is 2.36. The van der Waals surface area contributed by atoms with Gasteiger partial charge in [0.05, 0.1) is 11.5 Å². The maximum atomic E-state index is 12.3. The lowest BCUT2D eigenvalue weighted by Crippen LogP contribution is -2.31. The molecule has 1 aliphatic rings. The summed E-state index contributed by atoms with van der Waals surface area (Å²) >= 11 is 0. The molecule has 0 bridgehead atoms. The molecule has 0 aliphatic carbocycles. The average Bonchev–Trinajstić information content (AvgIpc) is 2.62. The van der Waals surface area contributed by atoms with Gasteiger partial charge in [-0.15, -0.1) is 0 Å². The van der Waals surface area contributed by atoms with E-state index in [9.17, 15) is 13.2 Å². The normalized spacial score (nSPS) is 16.3. The van der Waals surface area contributed by atoms with Gasteiger partial charge in [0.2, 0.25) is 0 Å². The first-order valence-electron chi connectivity index (χ1n) is 8.07. The maximum Gasteiger partial charge on any atom is 0.513 e. The van der Waals surface area contributed by atoms with Crippen molar-refractivity contribution in [3.05, 3.63) is 54.1 Å². The van der Waals surface area contributed by atoms with Crippen LogP contribution in [-0.4, -0.2) is 33.9 Å². The van der Waals surface area contributed by atoms with Crippen molar-refractivity contribution in [2.75, 3.05) is 13.2 Å². The first-order chi connectivity index (χ1) is 12.5. The van der Waals surface area contributed by atoms with Crippen LogP contribution in [0.25, 0.3) is 0 Å². The Morgan fingerprint density at radius 1 is 1.15 bits per heavy atom. The molecule has 26 heavy (non-hydrogen) atoms. The third kappa shape index (κ3) is 4.14. The third-order valence-electron chi connectivity index (χ3n) is 3.67. The van der Waals surface area contributed by atoms with E-state index < -0.39 is 22.4 Å². The van der Waals surface area contributed by atoms with Gasteiger partial charge in [-0.1, -0.05) is 30.3 Å². The van der Waals surface area contributed by atoms with Crippen molar-refractivity contribution in [2.45, 2.75) is 24.3 Å². The molecule has 0 radical (unpaired) electrons. The van der Waals surface area contributed by atoms with Crippen LogP contribution in [0.1, 0.15) is 12.5 Å². The fraction of sp³-hybridized carbons (Fsp3) is 0.278. The molecular formula is C18H18O7S. The highest BCUT2D eigenvalue weighted by Gasteiger charge is 2.29. The minimum Gasteiger partial charge on any atom is -0.487 e. The lowest BCUT2D eigenvalue weighted by atomic mass is 10.0. The van der Waals surface area contributed by atoms with Crippen LogP contribution >= 0.6 is 0 Å². The number of para-hydroxylation sites is 1. The highest BCUT2D eigenvalue weighted by molar-refractivity contribution is 7.86. The Kier molecular flexibility index (Phi) is 5.43. The van der Waals surface area contributed by atoms with Crippen molar-refractivity contribution in [3.63, 3.8) is 0 Å². The van der Waals surface area contributed by atoms with Crippen LogP contribution in [0.3, 0.4) is 0 Å². The quantitative estimate of drug-likeness (QED) is 0.449. The van der Waals surface area contributed by atoms with Crippen LogP contribution in [0.4, 0.5) is 4.79 Å². The first-order valence-corrected chi connectivity index (χ1v) is 9.48. The molecule has 138 valence electrons. The minimum absolute atomic E-state index is 0.0161. The number of carbonyl (C=O) groups excluding carboxylic acids is 1. The molecule has 1 unspecified atom stereocenters. The summed E-state index contributed by atoms with van der Waals surface area (Å²) in [6, 6.07) is 12.9. The second kappa shape index (κ2) is 7.76. The number of rotatable bonds is 5. The number of ether oxygens (including phenoxy) is 3. The molecule has 0 aromatic heterocycles. The Morgan fingerprint density at radius 3 is 2.65 bits per heavy atom. The molecule has 1 aliphatic heterocycles. The van der Waals surface area contributed by atoms with E-state index in [2.05, 4.69) is 0 Å². The molecule has 1 heterocycles. The summed E-state index contributed by atoms with van der Waals surface area (Å²) in [6.45, 7) is 1.89. The van der Waals surface area contributed by atoms with Crippen LogP contribution in [-0.2, 0) is 25.5 Å². The van der Waals surface area contributed by atoms with Gasteiger partial charge in [-0.2, -0.15) is 8.42 Å². The molecule has 0 N–H and O–H groups in total. The Balaban J connectivity index is 1.73. The predicted molar refractivity (Wildman–Crippen MR) is 91.8 cm³/mol. The van der Waals surface area contributed by atoms with E-state index in [0.29, 0.717) is 17.7 Å². The summed E-state index contributed by atoms with van der Waals surface area (Å²) in [5.41, 5.74) is 0.686. The van der Waals surface area contributed by atoms with Gasteiger partial charge in [-0.25, -0.2) is 4.79 Å². The molecule has 3 rings (SSSR count). The minimum atomic E-state index is -3.88. The molecular weight excluding hydrogens is 360 g/mol. The van der Waals surface area contributed by atoms with Crippen molar-refractivity contribution >= 4 is 16.3 Å². The monoisotopic (exact) mass is 378 g/mol. The van der Waals surface area contributed by atoms with Crippen LogP contribution in [0.2, 0.25) is 0 Å². The summed E-state index contributed by atoms with van der Waals surface area (Å²) in [6.07, 6.45) is -1.19. The summed E-state index contributed by atoms with van der Waals surface area (Å²) in [5, 5.41) is 0. The summed E-state index contributed by atoms with van der Waals surface area (Å²) in [4.78, 5) is 11.6. The number of hydrogen-bond acceptors (Lipinski definition) is 7. The van der Waals surface area contributed by atoms with E-state index in [0.717, 1.165) is 0 Å². The van der Waals surface area contributed by atoms with Crippen LogP contribution in [0, 0.1) is 0 Å². The second-order valence-electron chi connectivity index (χ2n) is 5.53. The van der Waals surface area contributed by atoms with Crippen LogP contribution in [0.15, 0.2) is 53.4 Å². The van der Waals surface area contributed by atoms with Gasteiger partial charge in [0.1, 0.15) is 12.7 Å². The zero-order valence-electron chi connectivity index (χ0n) is 14.1. The number of fused-ring (bicyclic) bond motifs is 1. The molecule has 0 spiro atoms. The maximum absolute atomic E-state index is 12.3. The first kappa shape index (κ1) is 18.2. The van der Waals surface area contributed by atoms with Gasteiger partial charge in [-0.05, 0) is 25.1 Å². The SMILES string of the molecule is CCOC(=O)Oc1cccc2c1OCC(OS(=O)(=O)c1ccccc1)C2. The largest absolute Gasteiger partial charge is 0.513 e. The number of benzene rings is 2. The van der Waals surface area contributed by atoms with E-state index in [4.69, 9.17) is 18.4 Å². The van der Waals surface area contributed by atoms with E-state index >= 15 is 0 Å². The smallest absolute Gasteiger partial charge is 0.487 e. The van der Waals surface area contributed by atoms with Crippen molar-refractivity contribution in [1.29, 1.82) is 0 Å². The zero-order valence-corrected chi connectivity index (χ0v) is 14.9. The molecule has 0 fully saturated rings. The van der Waals surface area contributed by atoms with E-state index in [-0.39, 0.29) is 23.9 Å². The average molecular weight is 378 g/mol. The molecule has 8 heteroatoms. The molecule has 1 atom stereocenters. The zero-order chi connectivity index (χ0) is 18.6. The fourth-order valence-electron chi connectivity index (χ4n) is 2.57. The van der Waals surface area contributed by atoms with E-state index in [1.54, 1.807) is 43.3 Å². The van der Waals surface area contributed by atoms with Gasteiger partial charge >= 0.3 is 6.16 Å². The summed E-state index contributed by atoms with van der Waals surface area (Å²) in [5.74, 6) is 0.614. The lowest BCUT2D eigenvalue weighted by molar-refractivity contribution is 0.0958. The highest BCUT2D eigenvalue weighted by atomic mass is 32.2. The van der Waals surface area contributed by atoms with Gasteiger partial charge in [-0.3, -0.25) is 4.18 Å². The summed E-state index contributed by atoms with van der Waals surface area (Å²) < 4.78 is 45.4. The molecule has 2 aromatic rings. The van der Waals surface area contributed by atoms with Gasteiger partial charge in [0.15, 0.2) is 11.5 Å².